The molecule has 0 saturated carbocycles. The normalized spacial score (nSPS) is 19.2. The molecule has 2 amide bonds. The number of rotatable bonds is 9. The van der Waals surface area contributed by atoms with Gasteiger partial charge in [0.15, 0.2) is 5.11 Å². The molecule has 7 nitrogen and oxygen atoms in total. The van der Waals surface area contributed by atoms with Crippen LogP contribution in [0.3, 0.4) is 0 Å². The summed E-state index contributed by atoms with van der Waals surface area (Å²) in [6.07, 6.45) is 0.795. The molecule has 36 heavy (non-hydrogen) atoms. The minimum absolute atomic E-state index is 0.0259. The van der Waals surface area contributed by atoms with Gasteiger partial charge < -0.3 is 20.0 Å². The maximum absolute atomic E-state index is 13.5. The molecule has 0 aromatic heterocycles. The molecule has 1 N–H and O–H groups in total. The third-order valence-electron chi connectivity index (χ3n) is 6.70. The second kappa shape index (κ2) is 12.2. The number of carbonyl (C=O) groups is 2. The molecular formula is C26H31BrFN5O2S. The van der Waals surface area contributed by atoms with Crippen molar-refractivity contribution in [3.63, 3.8) is 0 Å². The number of nitrogens with one attached hydrogen (secondary N) is 1. The lowest BCUT2D eigenvalue weighted by Crippen LogP contribution is -2.47. The Balaban J connectivity index is 1.44. The Kier molecular flexibility index (Phi) is 9.05. The van der Waals surface area contributed by atoms with E-state index in [2.05, 4.69) is 38.0 Å². The summed E-state index contributed by atoms with van der Waals surface area (Å²) in [5.41, 5.74) is 1.16. The van der Waals surface area contributed by atoms with E-state index in [0.29, 0.717) is 23.0 Å². The quantitative estimate of drug-likeness (QED) is 0.457. The van der Waals surface area contributed by atoms with E-state index in [1.54, 1.807) is 12.1 Å². The number of thiocarbonyl (C=S) groups is 1. The molecule has 2 aliphatic rings. The summed E-state index contributed by atoms with van der Waals surface area (Å²) >= 11 is 9.09. The number of hydrogen-bond acceptors (Lipinski definition) is 5. The van der Waals surface area contributed by atoms with Gasteiger partial charge in [0.05, 0.1) is 12.1 Å². The van der Waals surface area contributed by atoms with Crippen molar-refractivity contribution in [1.29, 1.82) is 0 Å². The van der Waals surface area contributed by atoms with Crippen LogP contribution in [-0.4, -0.2) is 83.5 Å². The number of carbonyl (C=O) groups excluding carboxylic acids is 2. The second-order valence-corrected chi connectivity index (χ2v) is 10.3. The predicted molar refractivity (Wildman–Crippen MR) is 148 cm³/mol. The summed E-state index contributed by atoms with van der Waals surface area (Å²) in [4.78, 5) is 34.5. The van der Waals surface area contributed by atoms with Crippen LogP contribution in [0.15, 0.2) is 53.0 Å². The molecular weight excluding hydrogens is 545 g/mol. The van der Waals surface area contributed by atoms with Crippen LogP contribution in [0.5, 0.6) is 0 Å². The highest BCUT2D eigenvalue weighted by molar-refractivity contribution is 9.10. The molecule has 2 aliphatic heterocycles. The van der Waals surface area contributed by atoms with E-state index in [-0.39, 0.29) is 24.1 Å². The summed E-state index contributed by atoms with van der Waals surface area (Å²) < 4.78 is 14.4. The van der Waals surface area contributed by atoms with Crippen molar-refractivity contribution >= 4 is 56.4 Å². The predicted octanol–water partition coefficient (Wildman–Crippen LogP) is 3.95. The molecule has 2 aromatic rings. The van der Waals surface area contributed by atoms with Gasteiger partial charge in [0.25, 0.3) is 5.91 Å². The van der Waals surface area contributed by atoms with Crippen LogP contribution in [0, 0.1) is 5.82 Å². The molecule has 1 unspecified atom stereocenters. The molecule has 1 atom stereocenters. The standard InChI is InChI=1S/C26H31BrFN5O2S/c1-2-30-14-16-31(17-15-30)12-3-13-32-23(18-24(34)29-21-8-4-19(27)5-9-21)25(35)33(26(32)36)22-10-6-20(28)7-11-22/h4-11,23H,2-3,12-18H2,1H3,(H,29,34). The van der Waals surface area contributed by atoms with E-state index in [1.807, 2.05) is 17.0 Å². The number of amides is 2. The first-order valence-corrected chi connectivity index (χ1v) is 13.5. The Morgan fingerprint density at radius 2 is 1.67 bits per heavy atom. The minimum atomic E-state index is -0.713. The third-order valence-corrected chi connectivity index (χ3v) is 7.64. The van der Waals surface area contributed by atoms with Crippen LogP contribution in [-0.2, 0) is 9.59 Å². The Morgan fingerprint density at radius 1 is 1.03 bits per heavy atom. The number of halogens is 2. The highest BCUT2D eigenvalue weighted by Gasteiger charge is 2.43. The molecule has 0 bridgehead atoms. The van der Waals surface area contributed by atoms with E-state index >= 15 is 0 Å². The van der Waals surface area contributed by atoms with Gasteiger partial charge in [0, 0.05) is 42.9 Å². The van der Waals surface area contributed by atoms with Gasteiger partial charge in [-0.1, -0.05) is 22.9 Å². The SMILES string of the molecule is CCN1CCN(CCCN2C(=S)N(c3ccc(F)cc3)C(=O)C2CC(=O)Nc2ccc(Br)cc2)CC1. The average Bonchev–Trinajstić information content (AvgIpc) is 3.10. The van der Waals surface area contributed by atoms with Gasteiger partial charge in [0.1, 0.15) is 11.9 Å². The van der Waals surface area contributed by atoms with Crippen LogP contribution >= 0.6 is 28.1 Å². The van der Waals surface area contributed by atoms with Gasteiger partial charge in [-0.15, -0.1) is 0 Å². The van der Waals surface area contributed by atoms with E-state index in [1.165, 1.54) is 29.2 Å². The van der Waals surface area contributed by atoms with E-state index in [9.17, 15) is 14.0 Å². The lowest BCUT2D eigenvalue weighted by Gasteiger charge is -2.34. The van der Waals surface area contributed by atoms with Crippen LogP contribution < -0.4 is 10.2 Å². The second-order valence-electron chi connectivity index (χ2n) is 9.03. The van der Waals surface area contributed by atoms with Crippen molar-refractivity contribution in [2.24, 2.45) is 0 Å². The molecule has 2 heterocycles. The minimum Gasteiger partial charge on any atom is -0.336 e. The number of anilines is 2. The molecule has 192 valence electrons. The van der Waals surface area contributed by atoms with Crippen LogP contribution in [0.4, 0.5) is 15.8 Å². The summed E-state index contributed by atoms with van der Waals surface area (Å²) in [6, 6.07) is 12.2. The first-order valence-electron chi connectivity index (χ1n) is 12.3. The molecule has 10 heteroatoms. The van der Waals surface area contributed by atoms with Crippen molar-refractivity contribution in [3.05, 3.63) is 58.8 Å². The topological polar surface area (TPSA) is 59.1 Å². The summed E-state index contributed by atoms with van der Waals surface area (Å²) in [7, 11) is 0. The Labute approximate surface area is 225 Å². The maximum atomic E-state index is 13.5. The fourth-order valence-electron chi connectivity index (χ4n) is 4.63. The molecule has 0 radical (unpaired) electrons. The van der Waals surface area contributed by atoms with Gasteiger partial charge in [-0.05, 0) is 80.3 Å². The van der Waals surface area contributed by atoms with Crippen molar-refractivity contribution in [2.45, 2.75) is 25.8 Å². The summed E-state index contributed by atoms with van der Waals surface area (Å²) in [5, 5.41) is 3.22. The fourth-order valence-corrected chi connectivity index (χ4v) is 5.31. The largest absolute Gasteiger partial charge is 0.336 e. The van der Waals surface area contributed by atoms with Crippen molar-refractivity contribution < 1.29 is 14.0 Å². The van der Waals surface area contributed by atoms with Crippen LogP contribution in [0.25, 0.3) is 0 Å². The number of benzene rings is 2. The molecule has 2 aromatic carbocycles. The summed E-state index contributed by atoms with van der Waals surface area (Å²) in [5.74, 6) is -0.920. The van der Waals surface area contributed by atoms with Crippen molar-refractivity contribution in [3.8, 4) is 0 Å². The number of hydrogen-bond donors (Lipinski definition) is 1. The first kappa shape index (κ1) is 26.7. The number of piperazine rings is 1. The van der Waals surface area contributed by atoms with Crippen molar-refractivity contribution in [2.75, 3.05) is 56.0 Å². The molecule has 0 spiro atoms. The number of likely N-dealkylation sites (N-methyl/N-ethyl adjacent to an activating group) is 1. The molecule has 0 aliphatic carbocycles. The van der Waals surface area contributed by atoms with E-state index in [4.69, 9.17) is 12.2 Å². The zero-order valence-electron chi connectivity index (χ0n) is 20.3. The van der Waals surface area contributed by atoms with Gasteiger partial charge in [0.2, 0.25) is 5.91 Å². The maximum Gasteiger partial charge on any atom is 0.256 e. The highest BCUT2D eigenvalue weighted by Crippen LogP contribution is 2.28. The lowest BCUT2D eigenvalue weighted by molar-refractivity contribution is -0.124. The number of nitrogens with zero attached hydrogens (tertiary/aromatic N) is 4. The monoisotopic (exact) mass is 575 g/mol. The molecule has 4 rings (SSSR count). The van der Waals surface area contributed by atoms with Gasteiger partial charge >= 0.3 is 0 Å². The van der Waals surface area contributed by atoms with Gasteiger partial charge in [-0.3, -0.25) is 14.5 Å². The Bertz CT molecular complexity index is 1080. The Morgan fingerprint density at radius 3 is 2.31 bits per heavy atom. The zero-order chi connectivity index (χ0) is 25.7. The summed E-state index contributed by atoms with van der Waals surface area (Å²) in [6.45, 7) is 8.90. The van der Waals surface area contributed by atoms with Crippen LogP contribution in [0.1, 0.15) is 19.8 Å². The highest BCUT2D eigenvalue weighted by atomic mass is 79.9. The molecule has 2 saturated heterocycles. The zero-order valence-corrected chi connectivity index (χ0v) is 22.7. The van der Waals surface area contributed by atoms with Gasteiger partial charge in [-0.25, -0.2) is 4.39 Å². The van der Waals surface area contributed by atoms with E-state index < -0.39 is 6.04 Å². The van der Waals surface area contributed by atoms with Gasteiger partial charge in [-0.2, -0.15) is 0 Å². The first-order chi connectivity index (χ1) is 17.4. The average molecular weight is 577 g/mol. The van der Waals surface area contributed by atoms with E-state index in [0.717, 1.165) is 50.2 Å². The smallest absolute Gasteiger partial charge is 0.256 e. The lowest BCUT2D eigenvalue weighted by atomic mass is 10.1. The molecule has 2 fully saturated rings. The Hall–Kier alpha value is -2.40. The van der Waals surface area contributed by atoms with Crippen molar-refractivity contribution in [1.82, 2.24) is 14.7 Å². The van der Waals surface area contributed by atoms with Crippen LogP contribution in [0.2, 0.25) is 0 Å². The fraction of sp³-hybridized carbons (Fsp3) is 0.423. The third kappa shape index (κ3) is 6.47.